The number of aryl methyl sites for hydroxylation is 1. The number of benzene rings is 4. The average molecular weight is 729 g/mol. The van der Waals surface area contributed by atoms with E-state index >= 15 is 0 Å². The van der Waals surface area contributed by atoms with Gasteiger partial charge in [0.2, 0.25) is 0 Å². The zero-order valence-corrected chi connectivity index (χ0v) is 27.6. The summed E-state index contributed by atoms with van der Waals surface area (Å²) in [5.41, 5.74) is 0.897. The zero-order valence-electron chi connectivity index (χ0n) is 27.6. The Morgan fingerprint density at radius 1 is 0.472 bits per heavy atom. The van der Waals surface area contributed by atoms with Gasteiger partial charge in [-0.2, -0.15) is 50.0 Å². The van der Waals surface area contributed by atoms with Gasteiger partial charge in [0, 0.05) is 33.4 Å². The molecule has 1 heterocycles. The fourth-order valence-electron chi connectivity index (χ4n) is 6.80. The number of rotatable bonds is 2. The van der Waals surface area contributed by atoms with Crippen molar-refractivity contribution in [1.82, 2.24) is 9.97 Å². The number of hydrogen-bond acceptors (Lipinski definition) is 4. The van der Waals surface area contributed by atoms with Crippen molar-refractivity contribution in [1.29, 1.82) is 10.5 Å². The summed E-state index contributed by atoms with van der Waals surface area (Å²) in [7, 11) is 0. The highest BCUT2D eigenvalue weighted by Crippen LogP contribution is 2.51. The third-order valence-corrected chi connectivity index (χ3v) is 9.20. The van der Waals surface area contributed by atoms with Crippen LogP contribution < -0.4 is 0 Å². The summed E-state index contributed by atoms with van der Waals surface area (Å²) in [4.78, 5) is 9.81. The lowest BCUT2D eigenvalue weighted by atomic mass is 9.94. The fourth-order valence-corrected chi connectivity index (χ4v) is 6.80. The number of alkyl halides is 9. The van der Waals surface area contributed by atoms with Gasteiger partial charge < -0.3 is 0 Å². The maximum absolute atomic E-state index is 13.7. The molecule has 0 aliphatic heterocycles. The second-order valence-electron chi connectivity index (χ2n) is 12.7. The normalized spacial score (nSPS) is 15.2. The number of nitriles is 2. The van der Waals surface area contributed by atoms with Crippen molar-refractivity contribution in [2.45, 2.75) is 39.3 Å². The second kappa shape index (κ2) is 11.9. The van der Waals surface area contributed by atoms with Crippen molar-refractivity contribution in [3.8, 4) is 56.9 Å². The smallest absolute Gasteiger partial charge is 0.243 e. The predicted octanol–water partition coefficient (Wildman–Crippen LogP) is 11.8. The van der Waals surface area contributed by atoms with Crippen molar-refractivity contribution in [3.05, 3.63) is 129 Å². The van der Waals surface area contributed by atoms with Crippen LogP contribution in [0.2, 0.25) is 0 Å². The SMILES string of the molecule is C/C(C#N)=C1/c2cc(-c3cc(C)cc(C(F)(F)F)c3)ccc2-c2nc3c(nc21)-c1ccc(-c2cc(C(F)(F)F)cc(C(F)(F)F)c2)cc1/C3=C(/C)C#N. The molecule has 2 aliphatic rings. The van der Waals surface area contributed by atoms with E-state index in [1.807, 2.05) is 0 Å². The number of aromatic nitrogens is 2. The van der Waals surface area contributed by atoms with Gasteiger partial charge in [-0.25, -0.2) is 9.97 Å². The summed E-state index contributed by atoms with van der Waals surface area (Å²) in [6.07, 6.45) is -14.7. The summed E-state index contributed by atoms with van der Waals surface area (Å²) in [5, 5.41) is 20.0. The lowest BCUT2D eigenvalue weighted by Gasteiger charge is -2.15. The summed E-state index contributed by atoms with van der Waals surface area (Å²) >= 11 is 0. The molecule has 53 heavy (non-hydrogen) atoms. The monoisotopic (exact) mass is 728 g/mol. The van der Waals surface area contributed by atoms with Crippen LogP contribution in [0, 0.1) is 29.6 Å². The van der Waals surface area contributed by atoms with Crippen molar-refractivity contribution in [2.75, 3.05) is 0 Å². The molecule has 4 aromatic carbocycles. The molecule has 4 nitrogen and oxygen atoms in total. The summed E-state index contributed by atoms with van der Waals surface area (Å²) in [5.74, 6) is 0. The topological polar surface area (TPSA) is 73.4 Å². The number of hydrogen-bond donors (Lipinski definition) is 0. The van der Waals surface area contributed by atoms with Gasteiger partial charge in [0.05, 0.1) is 51.6 Å². The molecule has 0 bridgehead atoms. The summed E-state index contributed by atoms with van der Waals surface area (Å²) in [6.45, 7) is 4.60. The van der Waals surface area contributed by atoms with Gasteiger partial charge in [-0.3, -0.25) is 0 Å². The van der Waals surface area contributed by atoms with E-state index in [-0.39, 0.29) is 51.0 Å². The van der Waals surface area contributed by atoms with Crippen LogP contribution in [0.5, 0.6) is 0 Å². The molecule has 264 valence electrons. The number of halogens is 9. The van der Waals surface area contributed by atoms with E-state index in [0.717, 1.165) is 12.1 Å². The van der Waals surface area contributed by atoms with Gasteiger partial charge in [0.15, 0.2) is 0 Å². The Balaban J connectivity index is 1.41. The molecular formula is C40H21F9N4. The number of fused-ring (bicyclic) bond motifs is 6. The van der Waals surface area contributed by atoms with E-state index in [1.54, 1.807) is 38.1 Å². The number of allylic oxidation sites excluding steroid dienone is 2. The van der Waals surface area contributed by atoms with E-state index in [9.17, 15) is 50.0 Å². The van der Waals surface area contributed by atoms with Crippen LogP contribution in [0.1, 0.15) is 58.6 Å². The first kappa shape index (κ1) is 35.2. The average Bonchev–Trinajstić information content (AvgIpc) is 3.59. The molecule has 0 spiro atoms. The van der Waals surface area contributed by atoms with E-state index in [1.165, 1.54) is 25.1 Å². The molecule has 0 N–H and O–H groups in total. The molecule has 0 saturated carbocycles. The van der Waals surface area contributed by atoms with Gasteiger partial charge in [0.1, 0.15) is 0 Å². The van der Waals surface area contributed by atoms with Crippen LogP contribution in [0.4, 0.5) is 39.5 Å². The highest BCUT2D eigenvalue weighted by molar-refractivity contribution is 6.06. The van der Waals surface area contributed by atoms with E-state index in [4.69, 9.17) is 9.97 Å². The maximum atomic E-state index is 13.7. The van der Waals surface area contributed by atoms with Crippen molar-refractivity contribution >= 4 is 11.1 Å². The number of nitrogens with zero attached hydrogens (tertiary/aromatic N) is 4. The molecular weight excluding hydrogens is 707 g/mol. The predicted molar refractivity (Wildman–Crippen MR) is 178 cm³/mol. The lowest BCUT2D eigenvalue weighted by molar-refractivity contribution is -0.143. The molecule has 0 radical (unpaired) electrons. The Bertz CT molecular complexity index is 2540. The van der Waals surface area contributed by atoms with Gasteiger partial charge >= 0.3 is 18.5 Å². The molecule has 5 aromatic rings. The van der Waals surface area contributed by atoms with Crippen molar-refractivity contribution in [2.24, 2.45) is 0 Å². The van der Waals surface area contributed by atoms with E-state index in [2.05, 4.69) is 12.1 Å². The summed E-state index contributed by atoms with van der Waals surface area (Å²) < 4.78 is 123. The third kappa shape index (κ3) is 5.92. The highest BCUT2D eigenvalue weighted by Gasteiger charge is 2.39. The van der Waals surface area contributed by atoms with Gasteiger partial charge in [-0.05, 0) is 102 Å². The van der Waals surface area contributed by atoms with Crippen molar-refractivity contribution in [3.63, 3.8) is 0 Å². The standard InChI is InChI=1S/C40H21F9N4/c1-18-8-23(10-25(9-18)38(41,42)43)21-4-6-28-30(13-21)32(19(2)16-50)36-34(28)52-37-33(20(3)17-51)31-14-22(5-7-29(31)35(37)53-36)24-11-26(39(44,45)46)15-27(12-24)40(47,48)49/h4-15H,1-3H3/b32-19+,33-20+. The fraction of sp³-hybridized carbons (Fsp3) is 0.150. The van der Waals surface area contributed by atoms with Crippen LogP contribution >= 0.6 is 0 Å². The molecule has 7 rings (SSSR count). The molecule has 0 unspecified atom stereocenters. The van der Waals surface area contributed by atoms with Gasteiger partial charge in [-0.15, -0.1) is 0 Å². The molecule has 0 atom stereocenters. The minimum atomic E-state index is -5.06. The Labute approximate surface area is 295 Å². The first-order valence-corrected chi connectivity index (χ1v) is 15.7. The quantitative estimate of drug-likeness (QED) is 0.131. The van der Waals surface area contributed by atoms with Crippen LogP contribution in [-0.2, 0) is 18.5 Å². The first-order chi connectivity index (χ1) is 24.8. The zero-order chi connectivity index (χ0) is 38.4. The molecule has 13 heteroatoms. The first-order valence-electron chi connectivity index (χ1n) is 15.7. The molecule has 0 saturated heterocycles. The maximum Gasteiger partial charge on any atom is 0.416 e. The van der Waals surface area contributed by atoms with E-state index in [0.29, 0.717) is 62.3 Å². The molecule has 0 fully saturated rings. The van der Waals surface area contributed by atoms with Gasteiger partial charge in [-0.1, -0.05) is 30.3 Å². The van der Waals surface area contributed by atoms with E-state index < -0.39 is 35.2 Å². The van der Waals surface area contributed by atoms with Crippen LogP contribution in [0.25, 0.3) is 55.9 Å². The minimum absolute atomic E-state index is 0.0209. The third-order valence-electron chi connectivity index (χ3n) is 9.20. The molecule has 2 aliphatic carbocycles. The van der Waals surface area contributed by atoms with Crippen molar-refractivity contribution < 1.29 is 39.5 Å². The Kier molecular flexibility index (Phi) is 7.92. The summed E-state index contributed by atoms with van der Waals surface area (Å²) in [6, 6.07) is 18.3. The lowest BCUT2D eigenvalue weighted by Crippen LogP contribution is -2.11. The van der Waals surface area contributed by atoms with Crippen LogP contribution in [0.15, 0.2) is 83.9 Å². The molecule has 0 amide bonds. The van der Waals surface area contributed by atoms with Gasteiger partial charge in [0.25, 0.3) is 0 Å². The highest BCUT2D eigenvalue weighted by atomic mass is 19.4. The Morgan fingerprint density at radius 3 is 1.23 bits per heavy atom. The minimum Gasteiger partial charge on any atom is -0.243 e. The molecule has 1 aromatic heterocycles. The Morgan fingerprint density at radius 2 is 0.849 bits per heavy atom. The second-order valence-corrected chi connectivity index (χ2v) is 12.7. The largest absolute Gasteiger partial charge is 0.416 e. The Hall–Kier alpha value is -6.21. The van der Waals surface area contributed by atoms with Crippen LogP contribution in [-0.4, -0.2) is 9.97 Å². The van der Waals surface area contributed by atoms with Crippen LogP contribution in [0.3, 0.4) is 0 Å².